The summed E-state index contributed by atoms with van der Waals surface area (Å²) in [6.07, 6.45) is 3.97. The predicted octanol–water partition coefficient (Wildman–Crippen LogP) is 2.36. The van der Waals surface area contributed by atoms with Crippen molar-refractivity contribution >= 4 is 5.91 Å². The number of carbonyl (C=O) groups excluding carboxylic acids is 1. The summed E-state index contributed by atoms with van der Waals surface area (Å²) in [5, 5.41) is 16.8. The second-order valence-corrected chi connectivity index (χ2v) is 7.14. The molecule has 2 aromatic rings. The third-order valence-corrected chi connectivity index (χ3v) is 5.43. The number of nitrogens with zero attached hydrogens (tertiary/aromatic N) is 2. The SMILES string of the molecule is O=C(c1cn[nH]c1-c1ccc(F)cc1)N1CCC2(CC1)CC(O)CCO2. The first-order valence-corrected chi connectivity index (χ1v) is 8.97. The third-order valence-electron chi connectivity index (χ3n) is 5.43. The fraction of sp³-hybridized carbons (Fsp3) is 0.474. The van der Waals surface area contributed by atoms with E-state index in [1.165, 1.54) is 18.3 Å². The summed E-state index contributed by atoms with van der Waals surface area (Å²) in [4.78, 5) is 14.8. The van der Waals surface area contributed by atoms with Gasteiger partial charge in [0.2, 0.25) is 0 Å². The second-order valence-electron chi connectivity index (χ2n) is 7.14. The van der Waals surface area contributed by atoms with E-state index in [1.807, 2.05) is 0 Å². The molecule has 2 fully saturated rings. The Morgan fingerprint density at radius 2 is 2.04 bits per heavy atom. The number of H-pyrrole nitrogens is 1. The van der Waals surface area contributed by atoms with Gasteiger partial charge in [0.15, 0.2) is 0 Å². The lowest BCUT2D eigenvalue weighted by Gasteiger charge is -2.45. The molecule has 1 aromatic carbocycles. The number of aliphatic hydroxyl groups is 1. The highest BCUT2D eigenvalue weighted by molar-refractivity contribution is 5.99. The fourth-order valence-corrected chi connectivity index (χ4v) is 3.92. The average Bonchev–Trinajstić information content (AvgIpc) is 3.12. The highest BCUT2D eigenvalue weighted by Crippen LogP contribution is 2.35. The van der Waals surface area contributed by atoms with Crippen LogP contribution in [0, 0.1) is 5.82 Å². The number of rotatable bonds is 2. The molecule has 0 aliphatic carbocycles. The number of amides is 1. The summed E-state index contributed by atoms with van der Waals surface area (Å²) in [6.45, 7) is 1.74. The van der Waals surface area contributed by atoms with E-state index in [0.29, 0.717) is 43.8 Å². The Bertz CT molecular complexity index is 782. The van der Waals surface area contributed by atoms with E-state index in [0.717, 1.165) is 18.4 Å². The van der Waals surface area contributed by atoms with Gasteiger partial charge in [0, 0.05) is 31.7 Å². The van der Waals surface area contributed by atoms with Crippen molar-refractivity contribution in [3.63, 3.8) is 0 Å². The van der Waals surface area contributed by atoms with Crippen LogP contribution in [-0.4, -0.2) is 57.5 Å². The van der Waals surface area contributed by atoms with Crippen molar-refractivity contribution in [3.8, 4) is 11.3 Å². The highest BCUT2D eigenvalue weighted by Gasteiger charge is 2.41. The molecule has 138 valence electrons. The molecule has 1 atom stereocenters. The van der Waals surface area contributed by atoms with E-state index in [9.17, 15) is 14.3 Å². The number of aliphatic hydroxyl groups excluding tert-OH is 1. The molecule has 2 saturated heterocycles. The van der Waals surface area contributed by atoms with Crippen LogP contribution in [0.3, 0.4) is 0 Å². The number of aromatic nitrogens is 2. The van der Waals surface area contributed by atoms with Crippen LogP contribution < -0.4 is 0 Å². The number of piperidine rings is 1. The maximum atomic E-state index is 13.1. The van der Waals surface area contributed by atoms with Crippen molar-refractivity contribution in [2.45, 2.75) is 37.4 Å². The van der Waals surface area contributed by atoms with Crippen molar-refractivity contribution in [1.29, 1.82) is 0 Å². The summed E-state index contributed by atoms with van der Waals surface area (Å²) < 4.78 is 19.1. The molecule has 1 amide bonds. The van der Waals surface area contributed by atoms with Gasteiger partial charge in [-0.2, -0.15) is 5.10 Å². The summed E-state index contributed by atoms with van der Waals surface area (Å²) in [5.41, 5.74) is 1.50. The topological polar surface area (TPSA) is 78.5 Å². The van der Waals surface area contributed by atoms with Crippen molar-refractivity contribution in [2.75, 3.05) is 19.7 Å². The van der Waals surface area contributed by atoms with Gasteiger partial charge in [0.1, 0.15) is 5.82 Å². The van der Waals surface area contributed by atoms with Gasteiger partial charge in [-0.25, -0.2) is 4.39 Å². The van der Waals surface area contributed by atoms with Gasteiger partial charge in [-0.3, -0.25) is 9.89 Å². The lowest BCUT2D eigenvalue weighted by Crippen LogP contribution is -2.51. The van der Waals surface area contributed by atoms with Gasteiger partial charge >= 0.3 is 0 Å². The number of nitrogens with one attached hydrogen (secondary N) is 1. The number of aromatic amines is 1. The quantitative estimate of drug-likeness (QED) is 0.863. The zero-order valence-corrected chi connectivity index (χ0v) is 14.4. The maximum Gasteiger partial charge on any atom is 0.257 e. The third kappa shape index (κ3) is 3.24. The van der Waals surface area contributed by atoms with E-state index in [1.54, 1.807) is 17.0 Å². The summed E-state index contributed by atoms with van der Waals surface area (Å²) in [5.74, 6) is -0.415. The minimum Gasteiger partial charge on any atom is -0.393 e. The first-order chi connectivity index (χ1) is 12.6. The van der Waals surface area contributed by atoms with Gasteiger partial charge in [0.25, 0.3) is 5.91 Å². The second kappa shape index (κ2) is 6.81. The molecule has 0 bridgehead atoms. The average molecular weight is 359 g/mol. The van der Waals surface area contributed by atoms with E-state index >= 15 is 0 Å². The summed E-state index contributed by atoms with van der Waals surface area (Å²) in [6, 6.07) is 5.98. The Hall–Kier alpha value is -2.25. The molecular formula is C19H22FN3O3. The number of halogens is 1. The molecule has 2 N–H and O–H groups in total. The zero-order chi connectivity index (χ0) is 18.1. The van der Waals surface area contributed by atoms with E-state index in [2.05, 4.69) is 10.2 Å². The van der Waals surface area contributed by atoms with Crippen LogP contribution in [0.2, 0.25) is 0 Å². The van der Waals surface area contributed by atoms with Gasteiger partial charge in [-0.15, -0.1) is 0 Å². The molecular weight excluding hydrogens is 337 g/mol. The highest BCUT2D eigenvalue weighted by atomic mass is 19.1. The first-order valence-electron chi connectivity index (χ1n) is 8.97. The Kier molecular flexibility index (Phi) is 4.50. The van der Waals surface area contributed by atoms with Crippen LogP contribution >= 0.6 is 0 Å². The van der Waals surface area contributed by atoms with Crippen molar-refractivity contribution in [3.05, 3.63) is 41.8 Å². The van der Waals surface area contributed by atoms with Crippen LogP contribution in [0.25, 0.3) is 11.3 Å². The van der Waals surface area contributed by atoms with E-state index in [-0.39, 0.29) is 23.4 Å². The number of benzene rings is 1. The number of ether oxygens (including phenoxy) is 1. The van der Waals surface area contributed by atoms with Crippen LogP contribution in [0.1, 0.15) is 36.0 Å². The van der Waals surface area contributed by atoms with Gasteiger partial charge in [-0.05, 0) is 43.5 Å². The normalized spacial score (nSPS) is 22.5. The van der Waals surface area contributed by atoms with E-state index < -0.39 is 0 Å². The van der Waals surface area contributed by atoms with Crippen LogP contribution in [0.15, 0.2) is 30.5 Å². The minimum atomic E-state index is -0.322. The number of hydrogen-bond acceptors (Lipinski definition) is 4. The Labute approximate surface area is 151 Å². The van der Waals surface area contributed by atoms with Crippen LogP contribution in [0.4, 0.5) is 4.39 Å². The molecule has 2 aliphatic heterocycles. The van der Waals surface area contributed by atoms with E-state index in [4.69, 9.17) is 4.74 Å². The number of hydrogen-bond donors (Lipinski definition) is 2. The lowest BCUT2D eigenvalue weighted by atomic mass is 9.83. The fourth-order valence-electron chi connectivity index (χ4n) is 3.92. The molecule has 0 saturated carbocycles. The minimum absolute atomic E-state index is 0.0933. The molecule has 3 heterocycles. The molecule has 26 heavy (non-hydrogen) atoms. The van der Waals surface area contributed by atoms with Crippen molar-refractivity contribution in [1.82, 2.24) is 15.1 Å². The van der Waals surface area contributed by atoms with Crippen LogP contribution in [-0.2, 0) is 4.74 Å². The molecule has 4 rings (SSSR count). The standard InChI is InChI=1S/C19H22FN3O3/c20-14-3-1-13(2-4-14)17-16(12-21-22-17)18(25)23-8-6-19(7-9-23)11-15(24)5-10-26-19/h1-4,12,15,24H,5-11H2,(H,21,22). The smallest absolute Gasteiger partial charge is 0.257 e. The Morgan fingerprint density at radius 3 is 2.73 bits per heavy atom. The molecule has 7 heteroatoms. The molecule has 0 radical (unpaired) electrons. The maximum absolute atomic E-state index is 13.1. The van der Waals surface area contributed by atoms with Gasteiger partial charge in [0.05, 0.1) is 29.2 Å². The predicted molar refractivity (Wildman–Crippen MR) is 93.0 cm³/mol. The van der Waals surface area contributed by atoms with Gasteiger partial charge in [-0.1, -0.05) is 0 Å². The van der Waals surface area contributed by atoms with Gasteiger partial charge < -0.3 is 14.7 Å². The molecule has 1 unspecified atom stereocenters. The lowest BCUT2D eigenvalue weighted by molar-refractivity contribution is -0.139. The number of likely N-dealkylation sites (tertiary alicyclic amines) is 1. The molecule has 6 nitrogen and oxygen atoms in total. The monoisotopic (exact) mass is 359 g/mol. The largest absolute Gasteiger partial charge is 0.393 e. The Balaban J connectivity index is 1.48. The molecule has 1 spiro atoms. The van der Waals surface area contributed by atoms with Crippen molar-refractivity contribution < 1.29 is 19.0 Å². The van der Waals surface area contributed by atoms with Crippen LogP contribution in [0.5, 0.6) is 0 Å². The number of carbonyl (C=O) groups is 1. The molecule has 1 aromatic heterocycles. The summed E-state index contributed by atoms with van der Waals surface area (Å²) >= 11 is 0. The Morgan fingerprint density at radius 1 is 1.31 bits per heavy atom. The first kappa shape index (κ1) is 17.2. The van der Waals surface area contributed by atoms with Crippen molar-refractivity contribution in [2.24, 2.45) is 0 Å². The summed E-state index contributed by atoms with van der Waals surface area (Å²) in [7, 11) is 0. The zero-order valence-electron chi connectivity index (χ0n) is 14.4. The molecule has 2 aliphatic rings.